The van der Waals surface area contributed by atoms with Gasteiger partial charge in [0.2, 0.25) is 5.91 Å². The highest BCUT2D eigenvalue weighted by molar-refractivity contribution is 6.31. The van der Waals surface area contributed by atoms with Crippen LogP contribution in [0.4, 0.5) is 5.69 Å². The number of nitrogens with one attached hydrogen (secondary N) is 1. The molecule has 2 amide bonds. The van der Waals surface area contributed by atoms with E-state index < -0.39 is 11.6 Å². The fraction of sp³-hybridized carbons (Fsp3) is 0.417. The second-order valence-corrected chi connectivity index (χ2v) is 8.83. The minimum Gasteiger partial charge on any atom is -0.493 e. The van der Waals surface area contributed by atoms with Crippen LogP contribution in [-0.4, -0.2) is 75.7 Å². The summed E-state index contributed by atoms with van der Waals surface area (Å²) in [6, 6.07) is 10.1. The van der Waals surface area contributed by atoms with Crippen LogP contribution in [0, 0.1) is 0 Å². The Morgan fingerprint density at radius 1 is 1.15 bits per heavy atom. The summed E-state index contributed by atoms with van der Waals surface area (Å²) in [6.45, 7) is 0.362. The zero-order valence-corrected chi connectivity index (χ0v) is 20.1. The zero-order valence-electron chi connectivity index (χ0n) is 19.3. The van der Waals surface area contributed by atoms with Crippen LogP contribution in [-0.2, 0) is 19.9 Å². The lowest BCUT2D eigenvalue weighted by molar-refractivity contribution is -0.138. The van der Waals surface area contributed by atoms with Crippen molar-refractivity contribution in [2.75, 3.05) is 47.3 Å². The third kappa shape index (κ3) is 3.53. The molecule has 0 radical (unpaired) electrons. The number of nitrogens with zero attached hydrogens (tertiary/aromatic N) is 2. The topological polar surface area (TPSA) is 80.3 Å². The minimum atomic E-state index is -1.39. The lowest BCUT2D eigenvalue weighted by Crippen LogP contribution is -2.57. The van der Waals surface area contributed by atoms with Gasteiger partial charge in [-0.25, -0.2) is 0 Å². The van der Waals surface area contributed by atoms with Crippen LogP contribution in [0.5, 0.6) is 11.5 Å². The van der Waals surface area contributed by atoms with Gasteiger partial charge in [-0.1, -0.05) is 23.7 Å². The van der Waals surface area contributed by atoms with Gasteiger partial charge in [0, 0.05) is 49.6 Å². The van der Waals surface area contributed by atoms with Gasteiger partial charge in [0.15, 0.2) is 17.0 Å². The number of anilines is 1. The number of benzene rings is 2. The van der Waals surface area contributed by atoms with Crippen molar-refractivity contribution in [3.63, 3.8) is 0 Å². The van der Waals surface area contributed by atoms with E-state index in [-0.39, 0.29) is 17.9 Å². The minimum absolute atomic E-state index is 0.112. The van der Waals surface area contributed by atoms with Gasteiger partial charge in [0.05, 0.1) is 26.4 Å². The number of hydrogen-bond acceptors (Lipinski definition) is 6. The highest BCUT2D eigenvalue weighted by Crippen LogP contribution is 2.53. The quantitative estimate of drug-likeness (QED) is 0.695. The number of fused-ring (bicyclic) bond motifs is 1. The van der Waals surface area contributed by atoms with Gasteiger partial charge in [-0.15, -0.1) is 0 Å². The Balaban J connectivity index is 2.06. The van der Waals surface area contributed by atoms with Crippen LogP contribution in [0.1, 0.15) is 17.5 Å². The molecule has 0 spiro atoms. The summed E-state index contributed by atoms with van der Waals surface area (Å²) in [5.74, 6) is 0.495. The maximum Gasteiger partial charge on any atom is 0.254 e. The van der Waals surface area contributed by atoms with E-state index in [2.05, 4.69) is 5.32 Å². The summed E-state index contributed by atoms with van der Waals surface area (Å²) < 4.78 is 17.0. The van der Waals surface area contributed by atoms with Crippen LogP contribution < -0.4 is 14.8 Å². The number of carbonyl (C=O) groups is 2. The van der Waals surface area contributed by atoms with E-state index >= 15 is 0 Å². The molecule has 2 aliphatic heterocycles. The van der Waals surface area contributed by atoms with Crippen LogP contribution in [0.25, 0.3) is 0 Å². The normalized spacial score (nSPS) is 24.4. The van der Waals surface area contributed by atoms with E-state index in [4.69, 9.17) is 25.8 Å². The number of para-hydroxylation sites is 1. The van der Waals surface area contributed by atoms with E-state index in [1.165, 1.54) is 12.0 Å². The zero-order chi connectivity index (χ0) is 23.9. The number of carbonyl (C=O) groups excluding carboxylic acids is 2. The summed E-state index contributed by atoms with van der Waals surface area (Å²) in [4.78, 5) is 30.8. The van der Waals surface area contributed by atoms with Gasteiger partial charge in [-0.05, 0) is 30.7 Å². The van der Waals surface area contributed by atoms with Gasteiger partial charge in [0.25, 0.3) is 5.91 Å². The first-order chi connectivity index (χ1) is 15.8. The molecular formula is C24H28ClN3O5. The molecule has 2 heterocycles. The molecule has 1 N–H and O–H groups in total. The lowest BCUT2D eigenvalue weighted by Gasteiger charge is -2.41. The SMILES string of the molecule is COc1cccc(C2(N3C[C@H](OC)C[C@H]3C(=O)N(C)C)C(=O)Nc3ccc(Cl)cc32)c1OC. The van der Waals surface area contributed by atoms with Gasteiger partial charge >= 0.3 is 0 Å². The maximum absolute atomic E-state index is 14.0. The van der Waals surface area contributed by atoms with Gasteiger partial charge in [0.1, 0.15) is 0 Å². The van der Waals surface area contributed by atoms with Crippen LogP contribution in [0.3, 0.4) is 0 Å². The average Bonchev–Trinajstić information content (AvgIpc) is 3.36. The van der Waals surface area contributed by atoms with Crippen molar-refractivity contribution in [1.82, 2.24) is 9.80 Å². The first-order valence-corrected chi connectivity index (χ1v) is 11.0. The highest BCUT2D eigenvalue weighted by atomic mass is 35.5. The largest absolute Gasteiger partial charge is 0.493 e. The van der Waals surface area contributed by atoms with Crippen molar-refractivity contribution in [2.45, 2.75) is 24.1 Å². The molecule has 176 valence electrons. The van der Waals surface area contributed by atoms with Crippen LogP contribution in [0.15, 0.2) is 36.4 Å². The highest BCUT2D eigenvalue weighted by Gasteiger charge is 2.60. The predicted octanol–water partition coefficient (Wildman–Crippen LogP) is 2.73. The molecule has 1 unspecified atom stereocenters. The first-order valence-electron chi connectivity index (χ1n) is 10.6. The molecule has 0 aromatic heterocycles. The second kappa shape index (κ2) is 8.85. The number of rotatable bonds is 6. The second-order valence-electron chi connectivity index (χ2n) is 8.39. The third-order valence-electron chi connectivity index (χ3n) is 6.49. The fourth-order valence-electron chi connectivity index (χ4n) is 5.01. The Morgan fingerprint density at radius 2 is 1.91 bits per heavy atom. The predicted molar refractivity (Wildman–Crippen MR) is 125 cm³/mol. The third-order valence-corrected chi connectivity index (χ3v) is 6.73. The van der Waals surface area contributed by atoms with E-state index in [1.807, 2.05) is 11.0 Å². The van der Waals surface area contributed by atoms with Crippen molar-refractivity contribution in [2.24, 2.45) is 0 Å². The number of likely N-dealkylation sites (tertiary alicyclic amines) is 1. The summed E-state index contributed by atoms with van der Waals surface area (Å²) in [6.07, 6.45) is 0.216. The molecule has 2 aromatic rings. The molecule has 0 aliphatic carbocycles. The van der Waals surface area contributed by atoms with E-state index in [1.54, 1.807) is 58.6 Å². The first kappa shape index (κ1) is 23.4. The Bertz CT molecular complexity index is 1090. The molecule has 2 aromatic carbocycles. The summed E-state index contributed by atoms with van der Waals surface area (Å²) in [5, 5.41) is 3.48. The average molecular weight is 474 g/mol. The smallest absolute Gasteiger partial charge is 0.254 e. The molecular weight excluding hydrogens is 446 g/mol. The Labute approximate surface area is 198 Å². The standard InChI is InChI=1S/C24H28ClN3O5/c1-27(2)22(29)19-12-15(31-3)13-28(19)24(16-7-6-8-20(32-4)21(16)33-5)17-11-14(25)9-10-18(17)26-23(24)30/h6-11,15,19H,12-13H2,1-5H3,(H,26,30)/t15-,19+,24?/m1/s1. The van der Waals surface area contributed by atoms with E-state index in [9.17, 15) is 9.59 Å². The summed E-state index contributed by atoms with van der Waals surface area (Å²) in [7, 11) is 8.11. The molecule has 3 atom stereocenters. The van der Waals surface area contributed by atoms with Gasteiger partial charge in [-0.2, -0.15) is 0 Å². The van der Waals surface area contributed by atoms with Gasteiger partial charge in [-0.3, -0.25) is 14.5 Å². The molecule has 1 fully saturated rings. The summed E-state index contributed by atoms with van der Waals surface area (Å²) >= 11 is 6.42. The van der Waals surface area contributed by atoms with E-state index in [0.717, 1.165) is 0 Å². The van der Waals surface area contributed by atoms with Crippen molar-refractivity contribution in [3.8, 4) is 11.5 Å². The van der Waals surface area contributed by atoms with Crippen molar-refractivity contribution < 1.29 is 23.8 Å². The number of hydrogen-bond donors (Lipinski definition) is 1. The number of likely N-dealkylation sites (N-methyl/N-ethyl adjacent to an activating group) is 1. The van der Waals surface area contributed by atoms with Gasteiger partial charge < -0.3 is 24.4 Å². The molecule has 8 nitrogen and oxygen atoms in total. The lowest BCUT2D eigenvalue weighted by atomic mass is 9.80. The van der Waals surface area contributed by atoms with Crippen molar-refractivity contribution in [1.29, 1.82) is 0 Å². The molecule has 4 rings (SSSR count). The molecule has 9 heteroatoms. The molecule has 1 saturated heterocycles. The van der Waals surface area contributed by atoms with Crippen LogP contribution >= 0.6 is 11.6 Å². The summed E-state index contributed by atoms with van der Waals surface area (Å²) in [5.41, 5.74) is 0.464. The number of halogens is 1. The molecule has 2 aliphatic rings. The Morgan fingerprint density at radius 3 is 2.55 bits per heavy atom. The maximum atomic E-state index is 14.0. The number of amides is 2. The van der Waals surface area contributed by atoms with E-state index in [0.29, 0.717) is 46.3 Å². The number of ether oxygens (including phenoxy) is 3. The van der Waals surface area contributed by atoms with Crippen molar-refractivity contribution >= 4 is 29.1 Å². The van der Waals surface area contributed by atoms with Crippen LogP contribution in [0.2, 0.25) is 5.02 Å². The molecule has 0 bridgehead atoms. The monoisotopic (exact) mass is 473 g/mol. The Hall–Kier alpha value is -2.81. The fourth-order valence-corrected chi connectivity index (χ4v) is 5.18. The Kier molecular flexibility index (Phi) is 6.26. The number of methoxy groups -OCH3 is 3. The van der Waals surface area contributed by atoms with Crippen molar-refractivity contribution in [3.05, 3.63) is 52.5 Å². The molecule has 33 heavy (non-hydrogen) atoms. The molecule has 0 saturated carbocycles.